The Morgan fingerprint density at radius 2 is 1.88 bits per heavy atom. The molecule has 26 heavy (non-hydrogen) atoms. The standard InChI is InChI=1S/C19H17IN4O2/c20-16-7-5-15(6-8-16)19(26)21-12-14-3-1-4-17(11-14)23-18(25)13-24-10-2-9-22-24/h1-11H,12-13H2,(H,21,26)(H,23,25). The third-order valence-corrected chi connectivity index (χ3v) is 4.35. The van der Waals surface area contributed by atoms with Crippen molar-refractivity contribution in [3.05, 3.63) is 81.7 Å². The molecule has 0 aliphatic heterocycles. The summed E-state index contributed by atoms with van der Waals surface area (Å²) in [6, 6.07) is 16.5. The van der Waals surface area contributed by atoms with Gasteiger partial charge in [-0.3, -0.25) is 14.3 Å². The van der Waals surface area contributed by atoms with Gasteiger partial charge in [0.05, 0.1) is 0 Å². The van der Waals surface area contributed by atoms with Crippen molar-refractivity contribution in [3.8, 4) is 0 Å². The normalized spacial score (nSPS) is 10.3. The number of hydrogen-bond donors (Lipinski definition) is 2. The summed E-state index contributed by atoms with van der Waals surface area (Å²) >= 11 is 2.20. The third-order valence-electron chi connectivity index (χ3n) is 3.64. The highest BCUT2D eigenvalue weighted by atomic mass is 127. The van der Waals surface area contributed by atoms with Gasteiger partial charge in [0.1, 0.15) is 6.54 Å². The second-order valence-electron chi connectivity index (χ2n) is 5.64. The highest BCUT2D eigenvalue weighted by Crippen LogP contribution is 2.11. The molecule has 1 aromatic heterocycles. The van der Waals surface area contributed by atoms with Gasteiger partial charge in [0, 0.05) is 33.8 Å². The first kappa shape index (κ1) is 18.1. The van der Waals surface area contributed by atoms with Crippen molar-refractivity contribution < 1.29 is 9.59 Å². The second-order valence-corrected chi connectivity index (χ2v) is 6.89. The molecule has 0 radical (unpaired) electrons. The fourth-order valence-electron chi connectivity index (χ4n) is 2.39. The maximum atomic E-state index is 12.2. The Morgan fingerprint density at radius 1 is 1.08 bits per heavy atom. The molecule has 0 fully saturated rings. The van der Waals surface area contributed by atoms with Gasteiger partial charge in [0.25, 0.3) is 5.91 Å². The van der Waals surface area contributed by atoms with Gasteiger partial charge in [0.2, 0.25) is 5.91 Å². The summed E-state index contributed by atoms with van der Waals surface area (Å²) in [5.41, 5.74) is 2.21. The molecule has 2 amide bonds. The Kier molecular flexibility index (Phi) is 6.00. The van der Waals surface area contributed by atoms with Gasteiger partial charge in [-0.2, -0.15) is 5.10 Å². The number of carbonyl (C=O) groups excluding carboxylic acids is 2. The monoisotopic (exact) mass is 460 g/mol. The van der Waals surface area contributed by atoms with E-state index in [1.165, 1.54) is 0 Å². The van der Waals surface area contributed by atoms with Crippen molar-refractivity contribution in [2.75, 3.05) is 5.32 Å². The summed E-state index contributed by atoms with van der Waals surface area (Å²) in [4.78, 5) is 24.2. The van der Waals surface area contributed by atoms with Crippen molar-refractivity contribution in [2.45, 2.75) is 13.1 Å². The van der Waals surface area contributed by atoms with E-state index in [9.17, 15) is 9.59 Å². The van der Waals surface area contributed by atoms with Gasteiger partial charge < -0.3 is 10.6 Å². The molecule has 0 unspecified atom stereocenters. The number of anilines is 1. The summed E-state index contributed by atoms with van der Waals surface area (Å²) < 4.78 is 2.64. The van der Waals surface area contributed by atoms with Gasteiger partial charge in [0.15, 0.2) is 0 Å². The lowest BCUT2D eigenvalue weighted by molar-refractivity contribution is -0.116. The smallest absolute Gasteiger partial charge is 0.251 e. The number of amides is 2. The Balaban J connectivity index is 1.56. The number of hydrogen-bond acceptors (Lipinski definition) is 3. The van der Waals surface area contributed by atoms with Gasteiger partial charge >= 0.3 is 0 Å². The molecular weight excluding hydrogens is 443 g/mol. The summed E-state index contributed by atoms with van der Waals surface area (Å²) in [5, 5.41) is 9.72. The van der Waals surface area contributed by atoms with E-state index in [1.54, 1.807) is 35.3 Å². The van der Waals surface area contributed by atoms with E-state index in [0.717, 1.165) is 9.13 Å². The zero-order chi connectivity index (χ0) is 18.4. The van der Waals surface area contributed by atoms with Crippen LogP contribution in [0.5, 0.6) is 0 Å². The lowest BCUT2D eigenvalue weighted by Crippen LogP contribution is -2.23. The Bertz CT molecular complexity index is 892. The number of rotatable bonds is 6. The van der Waals surface area contributed by atoms with E-state index in [4.69, 9.17) is 0 Å². The number of nitrogens with zero attached hydrogens (tertiary/aromatic N) is 2. The molecule has 132 valence electrons. The average molecular weight is 460 g/mol. The van der Waals surface area contributed by atoms with Crippen molar-refractivity contribution in [1.29, 1.82) is 0 Å². The molecule has 3 rings (SSSR count). The number of carbonyl (C=O) groups is 2. The van der Waals surface area contributed by atoms with Crippen LogP contribution in [0, 0.1) is 3.57 Å². The lowest BCUT2D eigenvalue weighted by Gasteiger charge is -2.09. The molecule has 0 saturated heterocycles. The van der Waals surface area contributed by atoms with Crippen LogP contribution in [0.4, 0.5) is 5.69 Å². The molecule has 1 heterocycles. The van der Waals surface area contributed by atoms with E-state index in [-0.39, 0.29) is 18.4 Å². The number of benzene rings is 2. The third kappa shape index (κ3) is 5.16. The lowest BCUT2D eigenvalue weighted by atomic mass is 10.1. The SMILES string of the molecule is O=C(Cn1cccn1)Nc1cccc(CNC(=O)c2ccc(I)cc2)c1. The van der Waals surface area contributed by atoms with Gasteiger partial charge in [-0.15, -0.1) is 0 Å². The molecule has 6 nitrogen and oxygen atoms in total. The van der Waals surface area contributed by atoms with Crippen LogP contribution in [0.15, 0.2) is 67.0 Å². The van der Waals surface area contributed by atoms with E-state index < -0.39 is 0 Å². The quantitative estimate of drug-likeness (QED) is 0.556. The molecule has 0 aliphatic rings. The maximum Gasteiger partial charge on any atom is 0.251 e. The molecular formula is C19H17IN4O2. The van der Waals surface area contributed by atoms with Crippen LogP contribution in [-0.2, 0) is 17.9 Å². The average Bonchev–Trinajstić information content (AvgIpc) is 3.13. The van der Waals surface area contributed by atoms with Crippen molar-refractivity contribution in [3.63, 3.8) is 0 Å². The summed E-state index contributed by atoms with van der Waals surface area (Å²) in [6.45, 7) is 0.536. The summed E-state index contributed by atoms with van der Waals surface area (Å²) in [5.74, 6) is -0.289. The zero-order valence-corrected chi connectivity index (χ0v) is 16.0. The van der Waals surface area contributed by atoms with Crippen LogP contribution in [0.3, 0.4) is 0 Å². The van der Waals surface area contributed by atoms with Crippen LogP contribution in [0.2, 0.25) is 0 Å². The molecule has 2 N–H and O–H groups in total. The van der Waals surface area contributed by atoms with E-state index in [1.807, 2.05) is 36.4 Å². The van der Waals surface area contributed by atoms with Crippen LogP contribution < -0.4 is 10.6 Å². The minimum absolute atomic E-state index is 0.130. The number of halogens is 1. The fourth-order valence-corrected chi connectivity index (χ4v) is 2.75. The predicted molar refractivity (Wildman–Crippen MR) is 108 cm³/mol. The van der Waals surface area contributed by atoms with E-state index >= 15 is 0 Å². The van der Waals surface area contributed by atoms with Crippen LogP contribution in [0.25, 0.3) is 0 Å². The molecule has 2 aromatic carbocycles. The second kappa shape index (κ2) is 8.61. The summed E-state index contributed by atoms with van der Waals surface area (Å²) in [6.07, 6.45) is 3.36. The first-order valence-electron chi connectivity index (χ1n) is 8.00. The van der Waals surface area contributed by atoms with E-state index in [0.29, 0.717) is 17.8 Å². The topological polar surface area (TPSA) is 76.0 Å². The minimum Gasteiger partial charge on any atom is -0.348 e. The Hall–Kier alpha value is -2.68. The Morgan fingerprint density at radius 3 is 2.62 bits per heavy atom. The van der Waals surface area contributed by atoms with Gasteiger partial charge in [-0.1, -0.05) is 12.1 Å². The van der Waals surface area contributed by atoms with Gasteiger partial charge in [-0.05, 0) is 70.6 Å². The molecule has 0 spiro atoms. The van der Waals surface area contributed by atoms with Crippen molar-refractivity contribution >= 4 is 40.1 Å². The molecule has 7 heteroatoms. The highest BCUT2D eigenvalue weighted by molar-refractivity contribution is 14.1. The number of aromatic nitrogens is 2. The molecule has 0 atom stereocenters. The first-order valence-corrected chi connectivity index (χ1v) is 9.08. The van der Waals surface area contributed by atoms with Crippen molar-refractivity contribution in [2.24, 2.45) is 0 Å². The largest absolute Gasteiger partial charge is 0.348 e. The molecule has 0 saturated carbocycles. The first-order chi connectivity index (χ1) is 12.6. The highest BCUT2D eigenvalue weighted by Gasteiger charge is 2.07. The molecule has 3 aromatic rings. The summed E-state index contributed by atoms with van der Waals surface area (Å²) in [7, 11) is 0. The minimum atomic E-state index is -0.159. The molecule has 0 aliphatic carbocycles. The predicted octanol–water partition coefficient (Wildman–Crippen LogP) is 3.06. The van der Waals surface area contributed by atoms with Crippen LogP contribution >= 0.6 is 22.6 Å². The van der Waals surface area contributed by atoms with Gasteiger partial charge in [-0.25, -0.2) is 0 Å². The van der Waals surface area contributed by atoms with Crippen molar-refractivity contribution in [1.82, 2.24) is 15.1 Å². The van der Waals surface area contributed by atoms with E-state index in [2.05, 4.69) is 38.3 Å². The van der Waals surface area contributed by atoms with Crippen LogP contribution in [0.1, 0.15) is 15.9 Å². The number of nitrogens with one attached hydrogen (secondary N) is 2. The zero-order valence-electron chi connectivity index (χ0n) is 13.9. The fraction of sp³-hybridized carbons (Fsp3) is 0.105. The molecule has 0 bridgehead atoms. The Labute approximate surface area is 164 Å². The maximum absolute atomic E-state index is 12.2. The van der Waals surface area contributed by atoms with Crippen LogP contribution in [-0.4, -0.2) is 21.6 Å².